The van der Waals surface area contributed by atoms with E-state index in [-0.39, 0.29) is 23.6 Å². The number of carbonyl (C=O) groups is 2. The van der Waals surface area contributed by atoms with Crippen LogP contribution in [0.1, 0.15) is 27.6 Å². The molecule has 4 rings (SSSR count). The van der Waals surface area contributed by atoms with Crippen LogP contribution >= 0.6 is 11.3 Å². The number of rotatable bonds is 5. The summed E-state index contributed by atoms with van der Waals surface area (Å²) in [4.78, 5) is 28.4. The average Bonchev–Trinajstić information content (AvgIpc) is 3.36. The molecular weight excluding hydrogens is 414 g/mol. The van der Waals surface area contributed by atoms with Crippen molar-refractivity contribution >= 4 is 28.8 Å². The van der Waals surface area contributed by atoms with Crippen LogP contribution in [0, 0.1) is 6.92 Å². The van der Waals surface area contributed by atoms with Crippen molar-refractivity contribution in [2.45, 2.75) is 19.5 Å². The maximum atomic E-state index is 13.0. The number of phenols is 1. The number of aliphatic hydroxyl groups excluding tert-OH is 1. The number of Topliss-reactive ketones (excluding diaryl/α,β-unsaturated/α-hetero) is 1. The van der Waals surface area contributed by atoms with Gasteiger partial charge in [-0.2, -0.15) is 0 Å². The van der Waals surface area contributed by atoms with Crippen LogP contribution in [0.5, 0.6) is 11.5 Å². The molecule has 1 aliphatic rings. The summed E-state index contributed by atoms with van der Waals surface area (Å²) >= 11 is 1.49. The van der Waals surface area contributed by atoms with E-state index in [2.05, 4.69) is 0 Å². The maximum Gasteiger partial charge on any atom is 0.295 e. The van der Waals surface area contributed by atoms with Crippen molar-refractivity contribution in [3.05, 3.63) is 87.1 Å². The molecule has 2 aromatic carbocycles. The van der Waals surface area contributed by atoms with Gasteiger partial charge in [-0.15, -0.1) is 11.3 Å². The second-order valence-electron chi connectivity index (χ2n) is 7.28. The monoisotopic (exact) mass is 435 g/mol. The highest BCUT2D eigenvalue weighted by Crippen LogP contribution is 2.41. The van der Waals surface area contributed by atoms with Gasteiger partial charge in [-0.3, -0.25) is 9.59 Å². The molecule has 7 heteroatoms. The Morgan fingerprint density at radius 1 is 1.13 bits per heavy atom. The van der Waals surface area contributed by atoms with Gasteiger partial charge in [0.15, 0.2) is 0 Å². The SMILES string of the molecule is COc1ccc(/C(O)=C2/C(=O)C(=O)N(Cc3cccs3)C2c2ccc(O)cc2)cc1C. The van der Waals surface area contributed by atoms with Gasteiger partial charge in [0.1, 0.15) is 17.3 Å². The number of thiophene rings is 1. The fraction of sp³-hybridized carbons (Fsp3) is 0.167. The molecule has 3 aromatic rings. The number of aryl methyl sites for hydroxylation is 1. The van der Waals surface area contributed by atoms with Gasteiger partial charge in [-0.25, -0.2) is 0 Å². The third-order valence-electron chi connectivity index (χ3n) is 5.32. The predicted octanol–water partition coefficient (Wildman–Crippen LogP) is 4.39. The number of ketones is 1. The molecule has 1 aromatic heterocycles. The lowest BCUT2D eigenvalue weighted by Gasteiger charge is -2.25. The molecule has 0 radical (unpaired) electrons. The van der Waals surface area contributed by atoms with E-state index in [0.717, 1.165) is 10.4 Å². The van der Waals surface area contributed by atoms with Crippen LogP contribution in [0.3, 0.4) is 0 Å². The van der Waals surface area contributed by atoms with E-state index in [1.165, 1.54) is 28.4 Å². The lowest BCUT2D eigenvalue weighted by molar-refractivity contribution is -0.140. The minimum absolute atomic E-state index is 0.0248. The Hall–Kier alpha value is -3.58. The molecule has 0 bridgehead atoms. The number of hydrogen-bond acceptors (Lipinski definition) is 6. The standard InChI is InChI=1S/C24H21NO5S/c1-14-12-16(7-10-19(14)30-2)22(27)20-21(15-5-8-17(26)9-6-15)25(24(29)23(20)28)13-18-4-3-11-31-18/h3-12,21,26-27H,13H2,1-2H3/b22-20-. The fourth-order valence-electron chi connectivity index (χ4n) is 3.80. The fourth-order valence-corrected chi connectivity index (χ4v) is 4.50. The Balaban J connectivity index is 1.86. The molecule has 1 fully saturated rings. The van der Waals surface area contributed by atoms with E-state index in [1.54, 1.807) is 37.4 Å². The number of benzene rings is 2. The number of ether oxygens (including phenoxy) is 1. The Bertz CT molecular complexity index is 1170. The lowest BCUT2D eigenvalue weighted by atomic mass is 9.94. The van der Waals surface area contributed by atoms with Gasteiger partial charge >= 0.3 is 0 Å². The minimum atomic E-state index is -0.773. The van der Waals surface area contributed by atoms with Crippen LogP contribution < -0.4 is 4.74 Å². The molecule has 2 N–H and O–H groups in total. The first kappa shape index (κ1) is 20.7. The van der Waals surface area contributed by atoms with E-state index < -0.39 is 17.7 Å². The first-order chi connectivity index (χ1) is 14.9. The zero-order chi connectivity index (χ0) is 22.1. The van der Waals surface area contributed by atoms with Crippen molar-refractivity contribution in [2.24, 2.45) is 0 Å². The molecule has 1 atom stereocenters. The molecule has 1 unspecified atom stereocenters. The Kier molecular flexibility index (Phi) is 5.52. The number of nitrogens with zero attached hydrogens (tertiary/aromatic N) is 1. The molecule has 0 aliphatic carbocycles. The van der Waals surface area contributed by atoms with Crippen molar-refractivity contribution in [3.8, 4) is 11.5 Å². The molecule has 1 amide bonds. The van der Waals surface area contributed by atoms with Crippen LogP contribution in [-0.4, -0.2) is 33.9 Å². The van der Waals surface area contributed by atoms with Gasteiger partial charge in [-0.1, -0.05) is 18.2 Å². The van der Waals surface area contributed by atoms with Gasteiger partial charge < -0.3 is 19.8 Å². The quantitative estimate of drug-likeness (QED) is 0.353. The van der Waals surface area contributed by atoms with E-state index in [9.17, 15) is 19.8 Å². The van der Waals surface area contributed by atoms with Gasteiger partial charge in [0.25, 0.3) is 11.7 Å². The van der Waals surface area contributed by atoms with Crippen molar-refractivity contribution in [3.63, 3.8) is 0 Å². The van der Waals surface area contributed by atoms with Crippen LogP contribution in [0.2, 0.25) is 0 Å². The molecule has 6 nitrogen and oxygen atoms in total. The highest BCUT2D eigenvalue weighted by atomic mass is 32.1. The van der Waals surface area contributed by atoms with E-state index in [1.807, 2.05) is 24.4 Å². The topological polar surface area (TPSA) is 87.1 Å². The second-order valence-corrected chi connectivity index (χ2v) is 8.31. The summed E-state index contributed by atoms with van der Waals surface area (Å²) in [6.45, 7) is 2.08. The van der Waals surface area contributed by atoms with Gasteiger partial charge in [0.05, 0.1) is 25.3 Å². The lowest BCUT2D eigenvalue weighted by Crippen LogP contribution is -2.28. The normalized spacial score (nSPS) is 17.9. The maximum absolute atomic E-state index is 13.0. The molecule has 158 valence electrons. The van der Waals surface area contributed by atoms with Crippen molar-refractivity contribution in [1.29, 1.82) is 0 Å². The number of phenolic OH excluding ortho intramolecular Hbond substituents is 1. The largest absolute Gasteiger partial charge is 0.508 e. The zero-order valence-corrected chi connectivity index (χ0v) is 17.8. The predicted molar refractivity (Wildman–Crippen MR) is 118 cm³/mol. The number of aliphatic hydroxyl groups is 1. The van der Waals surface area contributed by atoms with E-state index in [4.69, 9.17) is 4.74 Å². The zero-order valence-electron chi connectivity index (χ0n) is 17.0. The highest BCUT2D eigenvalue weighted by Gasteiger charge is 2.46. The number of likely N-dealkylation sites (tertiary alicyclic amines) is 1. The molecule has 1 aliphatic heterocycles. The summed E-state index contributed by atoms with van der Waals surface area (Å²) in [7, 11) is 1.56. The third-order valence-corrected chi connectivity index (χ3v) is 6.18. The number of methoxy groups -OCH3 is 1. The number of amides is 1. The van der Waals surface area contributed by atoms with Gasteiger partial charge in [-0.05, 0) is 59.8 Å². The average molecular weight is 436 g/mol. The van der Waals surface area contributed by atoms with Crippen molar-refractivity contribution < 1.29 is 24.5 Å². The van der Waals surface area contributed by atoms with Crippen LogP contribution in [-0.2, 0) is 16.1 Å². The first-order valence-electron chi connectivity index (χ1n) is 9.65. The number of carbonyl (C=O) groups excluding carboxylic acids is 2. The van der Waals surface area contributed by atoms with Gasteiger partial charge in [0, 0.05) is 10.4 Å². The van der Waals surface area contributed by atoms with Crippen LogP contribution in [0.25, 0.3) is 5.76 Å². The van der Waals surface area contributed by atoms with Crippen molar-refractivity contribution in [1.82, 2.24) is 4.90 Å². The highest BCUT2D eigenvalue weighted by molar-refractivity contribution is 7.09. The molecule has 1 saturated heterocycles. The Morgan fingerprint density at radius 3 is 2.48 bits per heavy atom. The van der Waals surface area contributed by atoms with Crippen LogP contribution in [0.15, 0.2) is 65.6 Å². The minimum Gasteiger partial charge on any atom is -0.508 e. The summed E-state index contributed by atoms with van der Waals surface area (Å²) in [5.41, 5.74) is 1.87. The summed E-state index contributed by atoms with van der Waals surface area (Å²) in [6.07, 6.45) is 0. The van der Waals surface area contributed by atoms with E-state index in [0.29, 0.717) is 16.9 Å². The number of hydrogen-bond donors (Lipinski definition) is 2. The summed E-state index contributed by atoms with van der Waals surface area (Å²) in [6, 6.07) is 14.4. The number of aromatic hydroxyl groups is 1. The molecule has 2 heterocycles. The Labute approximate surface area is 183 Å². The third kappa shape index (κ3) is 3.80. The summed E-state index contributed by atoms with van der Waals surface area (Å²) in [5.74, 6) is -0.913. The van der Waals surface area contributed by atoms with Crippen molar-refractivity contribution in [2.75, 3.05) is 7.11 Å². The Morgan fingerprint density at radius 2 is 1.87 bits per heavy atom. The smallest absolute Gasteiger partial charge is 0.295 e. The van der Waals surface area contributed by atoms with Gasteiger partial charge in [0.2, 0.25) is 0 Å². The second kappa shape index (κ2) is 8.28. The summed E-state index contributed by atoms with van der Waals surface area (Å²) in [5, 5.41) is 22.7. The molecule has 0 saturated carbocycles. The molecular formula is C24H21NO5S. The van der Waals surface area contributed by atoms with E-state index >= 15 is 0 Å². The molecule has 0 spiro atoms. The first-order valence-corrected chi connectivity index (χ1v) is 10.5. The van der Waals surface area contributed by atoms with Crippen LogP contribution in [0.4, 0.5) is 0 Å². The molecule has 31 heavy (non-hydrogen) atoms. The summed E-state index contributed by atoms with van der Waals surface area (Å²) < 4.78 is 5.27.